The van der Waals surface area contributed by atoms with Gasteiger partial charge in [0.25, 0.3) is 0 Å². The molecule has 2 atom stereocenters. The van der Waals surface area contributed by atoms with E-state index in [1.165, 1.54) is 12.3 Å². The van der Waals surface area contributed by atoms with Gasteiger partial charge in [0.1, 0.15) is 11.4 Å². The predicted octanol–water partition coefficient (Wildman–Crippen LogP) is 2.61. The van der Waals surface area contributed by atoms with E-state index >= 15 is 0 Å². The van der Waals surface area contributed by atoms with Crippen LogP contribution in [0.3, 0.4) is 0 Å². The molecular weight excluding hydrogens is 337 g/mol. The highest BCUT2D eigenvalue weighted by Crippen LogP contribution is 2.28. The molecule has 0 radical (unpaired) electrons. The Morgan fingerprint density at radius 2 is 1.88 bits per heavy atom. The molecule has 7 heteroatoms. The van der Waals surface area contributed by atoms with Gasteiger partial charge in [0.05, 0.1) is 11.2 Å². The van der Waals surface area contributed by atoms with Crippen LogP contribution in [0, 0.1) is 5.82 Å². The van der Waals surface area contributed by atoms with Crippen LogP contribution in [-0.4, -0.2) is 40.8 Å². The van der Waals surface area contributed by atoms with Crippen molar-refractivity contribution in [3.05, 3.63) is 39.9 Å². The number of nitrogens with zero attached hydrogens (tertiary/aromatic N) is 2. The summed E-state index contributed by atoms with van der Waals surface area (Å²) in [6.45, 7) is 9.20. The summed E-state index contributed by atoms with van der Waals surface area (Å²) in [5.41, 5.74) is -0.0144. The number of piperazine rings is 1. The maximum absolute atomic E-state index is 14.8. The third-order valence-electron chi connectivity index (χ3n) is 4.79. The van der Waals surface area contributed by atoms with Crippen LogP contribution < -0.4 is 15.6 Å². The van der Waals surface area contributed by atoms with Crippen molar-refractivity contribution in [3.63, 3.8) is 0 Å². The molecule has 2 heterocycles. The van der Waals surface area contributed by atoms with E-state index < -0.39 is 17.2 Å². The number of aromatic nitrogens is 1. The highest BCUT2D eigenvalue weighted by atomic mass is 19.1. The number of fused-ring (bicyclic) bond motifs is 1. The van der Waals surface area contributed by atoms with Crippen molar-refractivity contribution in [1.82, 2.24) is 9.88 Å². The molecule has 1 aliphatic heterocycles. The molecule has 0 amide bonds. The van der Waals surface area contributed by atoms with Gasteiger partial charge in [-0.2, -0.15) is 0 Å². The average Bonchev–Trinajstić information content (AvgIpc) is 2.53. The highest BCUT2D eigenvalue weighted by Gasteiger charge is 2.25. The van der Waals surface area contributed by atoms with Gasteiger partial charge in [-0.15, -0.1) is 0 Å². The van der Waals surface area contributed by atoms with Gasteiger partial charge in [-0.05, 0) is 39.8 Å². The molecule has 1 aromatic heterocycles. The molecule has 3 rings (SSSR count). The van der Waals surface area contributed by atoms with Crippen LogP contribution in [0.4, 0.5) is 10.1 Å². The fraction of sp³-hybridized carbons (Fsp3) is 0.474. The Morgan fingerprint density at radius 3 is 2.42 bits per heavy atom. The molecule has 0 aliphatic carbocycles. The standard InChI is InChI=1S/C19H24FN3O3/c1-10(2)23-9-14(19(25)26)18(24)13-5-15(20)17(6-16(13)23)22-7-11(3)21-12(4)8-22/h5-6,9-12,21H,7-8H2,1-4H3,(H,25,26). The Balaban J connectivity index is 2.24. The Morgan fingerprint density at radius 1 is 1.27 bits per heavy atom. The molecule has 2 aromatic rings. The molecule has 0 saturated carbocycles. The summed E-state index contributed by atoms with van der Waals surface area (Å²) in [7, 11) is 0. The van der Waals surface area contributed by atoms with E-state index in [9.17, 15) is 19.1 Å². The molecule has 1 saturated heterocycles. The first-order valence-corrected chi connectivity index (χ1v) is 8.81. The highest BCUT2D eigenvalue weighted by molar-refractivity contribution is 5.93. The summed E-state index contributed by atoms with van der Waals surface area (Å²) in [4.78, 5) is 25.9. The summed E-state index contributed by atoms with van der Waals surface area (Å²) >= 11 is 0. The number of carboxylic acids is 1. The van der Waals surface area contributed by atoms with E-state index in [2.05, 4.69) is 5.32 Å². The molecule has 6 nitrogen and oxygen atoms in total. The van der Waals surface area contributed by atoms with E-state index in [0.29, 0.717) is 24.3 Å². The maximum Gasteiger partial charge on any atom is 0.341 e. The van der Waals surface area contributed by atoms with Crippen molar-refractivity contribution in [1.29, 1.82) is 0 Å². The lowest BCUT2D eigenvalue weighted by Gasteiger charge is -2.38. The van der Waals surface area contributed by atoms with Crippen molar-refractivity contribution in [3.8, 4) is 0 Å². The first-order chi connectivity index (χ1) is 12.2. The molecule has 140 valence electrons. The van der Waals surface area contributed by atoms with Gasteiger partial charge >= 0.3 is 5.97 Å². The molecule has 1 fully saturated rings. The summed E-state index contributed by atoms with van der Waals surface area (Å²) in [5, 5.41) is 12.8. The number of rotatable bonds is 3. The number of carboxylic acid groups (broad SMARTS) is 1. The molecule has 2 unspecified atom stereocenters. The second kappa shape index (κ2) is 6.72. The minimum atomic E-state index is -1.31. The smallest absolute Gasteiger partial charge is 0.341 e. The van der Waals surface area contributed by atoms with E-state index in [4.69, 9.17) is 0 Å². The van der Waals surface area contributed by atoms with Gasteiger partial charge in [0.2, 0.25) is 5.43 Å². The van der Waals surface area contributed by atoms with E-state index in [-0.39, 0.29) is 29.1 Å². The second-order valence-corrected chi connectivity index (χ2v) is 7.37. The largest absolute Gasteiger partial charge is 0.477 e. The van der Waals surface area contributed by atoms with Crippen LogP contribution in [-0.2, 0) is 0 Å². The van der Waals surface area contributed by atoms with Crippen molar-refractivity contribution in [2.24, 2.45) is 0 Å². The van der Waals surface area contributed by atoms with Gasteiger partial charge in [-0.1, -0.05) is 0 Å². The maximum atomic E-state index is 14.8. The van der Waals surface area contributed by atoms with E-state index in [0.717, 1.165) is 0 Å². The summed E-state index contributed by atoms with van der Waals surface area (Å²) in [6.07, 6.45) is 1.35. The summed E-state index contributed by atoms with van der Waals surface area (Å²) in [5.74, 6) is -1.81. The third-order valence-corrected chi connectivity index (χ3v) is 4.79. The van der Waals surface area contributed by atoms with Crippen molar-refractivity contribution in [2.45, 2.75) is 45.8 Å². The molecule has 26 heavy (non-hydrogen) atoms. The molecule has 0 bridgehead atoms. The van der Waals surface area contributed by atoms with Crippen LogP contribution in [0.2, 0.25) is 0 Å². The molecular formula is C19H24FN3O3. The normalized spacial score (nSPS) is 20.8. The lowest BCUT2D eigenvalue weighted by atomic mass is 10.1. The van der Waals surface area contributed by atoms with Crippen molar-refractivity contribution in [2.75, 3.05) is 18.0 Å². The summed E-state index contributed by atoms with van der Waals surface area (Å²) < 4.78 is 16.6. The number of anilines is 1. The number of aromatic carboxylic acids is 1. The number of nitrogens with one attached hydrogen (secondary N) is 1. The van der Waals surface area contributed by atoms with E-state index in [1.807, 2.05) is 32.6 Å². The first kappa shape index (κ1) is 18.4. The zero-order valence-electron chi connectivity index (χ0n) is 15.4. The number of hydrogen-bond donors (Lipinski definition) is 2. The van der Waals surface area contributed by atoms with Crippen LogP contribution in [0.25, 0.3) is 10.9 Å². The molecule has 2 N–H and O–H groups in total. The number of benzene rings is 1. The lowest BCUT2D eigenvalue weighted by Crippen LogP contribution is -2.54. The first-order valence-electron chi connectivity index (χ1n) is 8.81. The van der Waals surface area contributed by atoms with Gasteiger partial charge in [0.15, 0.2) is 0 Å². The zero-order valence-corrected chi connectivity index (χ0v) is 15.4. The van der Waals surface area contributed by atoms with Gasteiger partial charge < -0.3 is 19.9 Å². The van der Waals surface area contributed by atoms with Crippen LogP contribution in [0.15, 0.2) is 23.1 Å². The SMILES string of the molecule is CC1CN(c2cc3c(cc2F)c(=O)c(C(=O)O)cn3C(C)C)CC(C)N1. The molecule has 0 spiro atoms. The lowest BCUT2D eigenvalue weighted by molar-refractivity contribution is 0.0694. The average molecular weight is 361 g/mol. The molecule has 1 aliphatic rings. The van der Waals surface area contributed by atoms with Crippen LogP contribution in [0.5, 0.6) is 0 Å². The zero-order chi connectivity index (χ0) is 19.2. The predicted molar refractivity (Wildman–Crippen MR) is 99.8 cm³/mol. The number of pyridine rings is 1. The monoisotopic (exact) mass is 361 g/mol. The fourth-order valence-electron chi connectivity index (χ4n) is 3.70. The minimum Gasteiger partial charge on any atom is -0.477 e. The quantitative estimate of drug-likeness (QED) is 0.879. The van der Waals surface area contributed by atoms with Crippen molar-refractivity contribution < 1.29 is 14.3 Å². The Bertz CT molecular complexity index is 912. The Hall–Kier alpha value is -2.41. The van der Waals surface area contributed by atoms with Crippen molar-refractivity contribution >= 4 is 22.6 Å². The summed E-state index contributed by atoms with van der Waals surface area (Å²) in [6, 6.07) is 3.21. The third kappa shape index (κ3) is 3.19. The Kier molecular flexibility index (Phi) is 4.75. The van der Waals surface area contributed by atoms with Gasteiger partial charge in [-0.25, -0.2) is 9.18 Å². The van der Waals surface area contributed by atoms with Crippen LogP contribution >= 0.6 is 0 Å². The van der Waals surface area contributed by atoms with E-state index in [1.54, 1.807) is 10.6 Å². The number of hydrogen-bond acceptors (Lipinski definition) is 4. The molecule has 1 aromatic carbocycles. The van der Waals surface area contributed by atoms with Crippen LogP contribution in [0.1, 0.15) is 44.1 Å². The topological polar surface area (TPSA) is 74.6 Å². The number of halogens is 1. The number of carbonyl (C=O) groups is 1. The Labute approximate surface area is 151 Å². The van der Waals surface area contributed by atoms with Gasteiger partial charge in [-0.3, -0.25) is 4.79 Å². The van der Waals surface area contributed by atoms with Gasteiger partial charge in [0, 0.05) is 42.8 Å². The minimum absolute atomic E-state index is 0.0737. The fourth-order valence-corrected chi connectivity index (χ4v) is 3.70. The second-order valence-electron chi connectivity index (χ2n) is 7.37.